The molecule has 0 spiro atoms. The first-order valence-electron chi connectivity index (χ1n) is 10.6. The van der Waals surface area contributed by atoms with Gasteiger partial charge in [0.1, 0.15) is 16.2 Å². The minimum absolute atomic E-state index is 0.174. The van der Waals surface area contributed by atoms with Gasteiger partial charge >= 0.3 is 0 Å². The number of hydrogen-bond donors (Lipinski definition) is 1. The summed E-state index contributed by atoms with van der Waals surface area (Å²) in [6.45, 7) is 6.84. The van der Waals surface area contributed by atoms with Gasteiger partial charge in [0.2, 0.25) is 0 Å². The fourth-order valence-corrected chi connectivity index (χ4v) is 5.81. The number of nitrogens with one attached hydrogen (secondary N) is 1. The summed E-state index contributed by atoms with van der Waals surface area (Å²) in [6, 6.07) is 14.4. The van der Waals surface area contributed by atoms with Gasteiger partial charge in [-0.2, -0.15) is 0 Å². The summed E-state index contributed by atoms with van der Waals surface area (Å²) >= 11 is 0. The topological polar surface area (TPSA) is 72.2 Å². The molecule has 2 aromatic carbocycles. The number of fused-ring (bicyclic) bond motifs is 4. The molecule has 1 N–H and O–H groups in total. The molecule has 0 aliphatic heterocycles. The molecule has 1 atom stereocenters. The fourth-order valence-electron chi connectivity index (χ4n) is 4.58. The molecule has 0 unspecified atom stereocenters. The summed E-state index contributed by atoms with van der Waals surface area (Å²) in [6.07, 6.45) is 4.60. The molecule has 5 nitrogen and oxygen atoms in total. The van der Waals surface area contributed by atoms with Crippen LogP contribution in [0, 0.1) is 11.3 Å². The number of nitrogens with zero attached hydrogens (tertiary/aromatic N) is 1. The molecule has 0 amide bonds. The van der Waals surface area contributed by atoms with Crippen molar-refractivity contribution in [2.45, 2.75) is 44.9 Å². The summed E-state index contributed by atoms with van der Waals surface area (Å²) in [5.41, 5.74) is 3.25. The van der Waals surface area contributed by atoms with Crippen molar-refractivity contribution in [2.75, 3.05) is 4.72 Å². The first-order chi connectivity index (χ1) is 14.7. The van der Waals surface area contributed by atoms with E-state index in [1.54, 1.807) is 30.5 Å². The predicted molar refractivity (Wildman–Crippen MR) is 124 cm³/mol. The van der Waals surface area contributed by atoms with Gasteiger partial charge in [-0.05, 0) is 54.5 Å². The van der Waals surface area contributed by atoms with Crippen LogP contribution in [-0.4, -0.2) is 13.4 Å². The van der Waals surface area contributed by atoms with Gasteiger partial charge in [0, 0.05) is 34.6 Å². The van der Waals surface area contributed by atoms with Crippen LogP contribution in [0.3, 0.4) is 0 Å². The Kier molecular flexibility index (Phi) is 4.59. The highest BCUT2D eigenvalue weighted by atomic mass is 32.2. The molecule has 4 aromatic rings. The van der Waals surface area contributed by atoms with E-state index in [2.05, 4.69) is 30.5 Å². The highest BCUT2D eigenvalue weighted by Gasteiger charge is 2.31. The number of furan rings is 1. The van der Waals surface area contributed by atoms with Crippen LogP contribution in [0.1, 0.15) is 38.5 Å². The Hall–Kier alpha value is -2.86. The monoisotopic (exact) mass is 434 g/mol. The van der Waals surface area contributed by atoms with Gasteiger partial charge < -0.3 is 4.42 Å². The maximum Gasteiger partial charge on any atom is 0.264 e. The van der Waals surface area contributed by atoms with Crippen LogP contribution < -0.4 is 4.72 Å². The molecule has 2 aromatic heterocycles. The Morgan fingerprint density at radius 1 is 1.10 bits per heavy atom. The minimum Gasteiger partial charge on any atom is -0.461 e. The third-order valence-corrected chi connectivity index (χ3v) is 7.82. The van der Waals surface area contributed by atoms with Crippen molar-refractivity contribution in [3.8, 4) is 0 Å². The zero-order valence-electron chi connectivity index (χ0n) is 18.0. The summed E-state index contributed by atoms with van der Waals surface area (Å²) in [7, 11) is -3.79. The number of aryl methyl sites for hydroxylation is 1. The zero-order valence-corrected chi connectivity index (χ0v) is 18.8. The number of sulfonamides is 1. The molecule has 31 heavy (non-hydrogen) atoms. The van der Waals surface area contributed by atoms with Gasteiger partial charge in [0.15, 0.2) is 0 Å². The van der Waals surface area contributed by atoms with Gasteiger partial charge in [-0.1, -0.05) is 39.0 Å². The molecule has 5 rings (SSSR count). The van der Waals surface area contributed by atoms with Crippen molar-refractivity contribution in [3.05, 3.63) is 66.1 Å². The van der Waals surface area contributed by atoms with Crippen LogP contribution in [0.15, 0.2) is 64.0 Å². The molecule has 0 saturated heterocycles. The van der Waals surface area contributed by atoms with E-state index in [1.807, 2.05) is 24.3 Å². The van der Waals surface area contributed by atoms with Crippen LogP contribution in [0.4, 0.5) is 5.69 Å². The average Bonchev–Trinajstić information content (AvgIpc) is 3.09. The van der Waals surface area contributed by atoms with Crippen LogP contribution >= 0.6 is 0 Å². The molecular weight excluding hydrogens is 408 g/mol. The van der Waals surface area contributed by atoms with Crippen molar-refractivity contribution in [1.29, 1.82) is 0 Å². The van der Waals surface area contributed by atoms with Crippen molar-refractivity contribution in [3.63, 3.8) is 0 Å². The van der Waals surface area contributed by atoms with Gasteiger partial charge in [-0.15, -0.1) is 0 Å². The Morgan fingerprint density at radius 2 is 1.90 bits per heavy atom. The summed E-state index contributed by atoms with van der Waals surface area (Å²) in [5, 5.41) is 1.79. The number of rotatable bonds is 3. The van der Waals surface area contributed by atoms with E-state index in [1.165, 1.54) is 5.56 Å². The molecular formula is C25H26N2O3S. The first kappa shape index (κ1) is 20.1. The summed E-state index contributed by atoms with van der Waals surface area (Å²) in [4.78, 5) is 4.46. The Balaban J connectivity index is 1.53. The van der Waals surface area contributed by atoms with E-state index in [0.717, 1.165) is 41.4 Å². The quantitative estimate of drug-likeness (QED) is 0.434. The fraction of sp³-hybridized carbons (Fsp3) is 0.320. The molecule has 0 bridgehead atoms. The second kappa shape index (κ2) is 7.09. The molecule has 160 valence electrons. The lowest BCUT2D eigenvalue weighted by atomic mass is 9.71. The van der Waals surface area contributed by atoms with E-state index in [-0.39, 0.29) is 10.3 Å². The Bertz CT molecular complexity index is 1390. The summed E-state index contributed by atoms with van der Waals surface area (Å²) < 4.78 is 35.2. The van der Waals surface area contributed by atoms with Crippen LogP contribution in [0.5, 0.6) is 0 Å². The maximum absolute atomic E-state index is 13.2. The van der Waals surface area contributed by atoms with Gasteiger partial charge in [0.05, 0.1) is 5.52 Å². The number of hydrogen-bond acceptors (Lipinski definition) is 4. The van der Waals surface area contributed by atoms with E-state index in [4.69, 9.17) is 4.42 Å². The lowest BCUT2D eigenvalue weighted by molar-refractivity contribution is 0.210. The molecule has 1 aliphatic carbocycles. The van der Waals surface area contributed by atoms with E-state index < -0.39 is 10.0 Å². The Labute approximate surface area is 182 Å². The molecule has 0 fully saturated rings. The number of benzene rings is 2. The molecule has 1 aliphatic rings. The average molecular weight is 435 g/mol. The van der Waals surface area contributed by atoms with Crippen molar-refractivity contribution < 1.29 is 12.8 Å². The van der Waals surface area contributed by atoms with E-state index in [9.17, 15) is 8.42 Å². The normalized spacial score (nSPS) is 17.1. The maximum atomic E-state index is 13.2. The molecule has 0 radical (unpaired) electrons. The van der Waals surface area contributed by atoms with Crippen molar-refractivity contribution in [2.24, 2.45) is 11.3 Å². The number of pyridine rings is 1. The van der Waals surface area contributed by atoms with Gasteiger partial charge in [0.25, 0.3) is 10.0 Å². The number of aromatic nitrogens is 1. The van der Waals surface area contributed by atoms with Crippen molar-refractivity contribution >= 4 is 37.6 Å². The highest BCUT2D eigenvalue weighted by molar-refractivity contribution is 7.93. The van der Waals surface area contributed by atoms with Crippen molar-refractivity contribution in [1.82, 2.24) is 4.98 Å². The standard InChI is InChI=1S/C25H26N2O3S/c1-25(2,3)17-9-11-21-19(14-17)20-15-18(10-12-22(20)30-21)27-31(28,29)23-8-4-6-16-7-5-13-26-24(16)23/h4-8,10,12-13,15,17,27H,9,11,14H2,1-3H3/t17-/m0/s1. The number of anilines is 1. The molecule has 2 heterocycles. The highest BCUT2D eigenvalue weighted by Crippen LogP contribution is 2.41. The lowest BCUT2D eigenvalue weighted by Gasteiger charge is -2.33. The van der Waals surface area contributed by atoms with Gasteiger partial charge in [-0.25, -0.2) is 8.42 Å². The van der Waals surface area contributed by atoms with Crippen LogP contribution in [0.25, 0.3) is 21.9 Å². The SMILES string of the molecule is CC(C)(C)[C@H]1CCc2oc3ccc(NS(=O)(=O)c4cccc5cccnc45)cc3c2C1. The minimum atomic E-state index is -3.79. The lowest BCUT2D eigenvalue weighted by Crippen LogP contribution is -2.26. The second-order valence-electron chi connectivity index (χ2n) is 9.46. The molecule has 0 saturated carbocycles. The van der Waals surface area contributed by atoms with E-state index >= 15 is 0 Å². The zero-order chi connectivity index (χ0) is 21.8. The third-order valence-electron chi connectivity index (χ3n) is 6.41. The van der Waals surface area contributed by atoms with Gasteiger partial charge in [-0.3, -0.25) is 9.71 Å². The second-order valence-corrected chi connectivity index (χ2v) is 11.1. The van der Waals surface area contributed by atoms with E-state index in [0.29, 0.717) is 17.1 Å². The summed E-state index contributed by atoms with van der Waals surface area (Å²) in [5.74, 6) is 1.61. The van der Waals surface area contributed by atoms with Crippen LogP contribution in [-0.2, 0) is 22.9 Å². The largest absolute Gasteiger partial charge is 0.461 e. The predicted octanol–water partition coefficient (Wildman–Crippen LogP) is 5.93. The Morgan fingerprint density at radius 3 is 2.71 bits per heavy atom. The molecule has 6 heteroatoms. The smallest absolute Gasteiger partial charge is 0.264 e. The third kappa shape index (κ3) is 3.59. The first-order valence-corrected chi connectivity index (χ1v) is 12.1. The van der Waals surface area contributed by atoms with Crippen LogP contribution in [0.2, 0.25) is 0 Å². The number of para-hydroxylation sites is 1.